The fourth-order valence-electron chi connectivity index (χ4n) is 3.22. The first kappa shape index (κ1) is 16.3. The monoisotopic (exact) mass is 310 g/mol. The van der Waals surface area contributed by atoms with Crippen molar-refractivity contribution in [3.8, 4) is 0 Å². The second-order valence-corrected chi connectivity index (χ2v) is 7.82. The van der Waals surface area contributed by atoms with E-state index in [0.29, 0.717) is 16.1 Å². The molecule has 1 aliphatic rings. The average molecular weight is 310 g/mol. The predicted molar refractivity (Wildman–Crippen MR) is 86.7 cm³/mol. The number of nitrogens with two attached hydrogens (primary N) is 1. The molecule has 1 saturated carbocycles. The predicted octanol–water partition coefficient (Wildman–Crippen LogP) is 3.13. The van der Waals surface area contributed by atoms with E-state index in [1.165, 1.54) is 6.42 Å². The number of anilines is 1. The summed E-state index contributed by atoms with van der Waals surface area (Å²) >= 11 is 0. The third kappa shape index (κ3) is 3.58. The van der Waals surface area contributed by atoms with Crippen LogP contribution in [0.4, 0.5) is 5.69 Å². The van der Waals surface area contributed by atoms with Crippen LogP contribution in [0.2, 0.25) is 0 Å². The van der Waals surface area contributed by atoms with Crippen LogP contribution in [-0.4, -0.2) is 14.5 Å². The summed E-state index contributed by atoms with van der Waals surface area (Å²) in [5.74, 6) is 0.751. The molecule has 0 saturated heterocycles. The van der Waals surface area contributed by atoms with Crippen LogP contribution in [0.15, 0.2) is 17.0 Å². The summed E-state index contributed by atoms with van der Waals surface area (Å²) in [5.41, 5.74) is 7.78. The Morgan fingerprint density at radius 1 is 1.19 bits per heavy atom. The molecule has 1 aromatic rings. The highest BCUT2D eigenvalue weighted by Gasteiger charge is 2.27. The molecule has 0 atom stereocenters. The molecule has 21 heavy (non-hydrogen) atoms. The lowest BCUT2D eigenvalue weighted by atomic mass is 9.85. The van der Waals surface area contributed by atoms with Gasteiger partial charge in [0.05, 0.1) is 4.90 Å². The molecule has 1 aliphatic carbocycles. The number of sulfonamides is 1. The van der Waals surface area contributed by atoms with E-state index in [0.717, 1.165) is 37.2 Å². The summed E-state index contributed by atoms with van der Waals surface area (Å²) in [7, 11) is -3.50. The van der Waals surface area contributed by atoms with E-state index in [1.807, 2.05) is 6.92 Å². The van der Waals surface area contributed by atoms with Gasteiger partial charge in [0.25, 0.3) is 0 Å². The molecule has 4 nitrogen and oxygen atoms in total. The summed E-state index contributed by atoms with van der Waals surface area (Å²) in [4.78, 5) is 0.347. The van der Waals surface area contributed by atoms with E-state index in [1.54, 1.807) is 19.1 Å². The van der Waals surface area contributed by atoms with E-state index >= 15 is 0 Å². The van der Waals surface area contributed by atoms with Gasteiger partial charge in [-0.3, -0.25) is 0 Å². The molecule has 0 unspecified atom stereocenters. The SMILES string of the molecule is CCC1CCC(NS(=O)(=O)c2c(C)ccc(N)c2C)CC1. The Bertz CT molecular complexity index is 603. The third-order valence-corrected chi connectivity index (χ3v) is 6.47. The molecule has 3 N–H and O–H groups in total. The van der Waals surface area contributed by atoms with Crippen LogP contribution in [0.25, 0.3) is 0 Å². The molecule has 1 fully saturated rings. The Labute approximate surface area is 128 Å². The molecule has 118 valence electrons. The molecule has 0 spiro atoms. The van der Waals surface area contributed by atoms with Crippen LogP contribution in [0, 0.1) is 19.8 Å². The second kappa shape index (κ2) is 6.36. The van der Waals surface area contributed by atoms with E-state index in [4.69, 9.17) is 5.73 Å². The van der Waals surface area contributed by atoms with Crippen molar-refractivity contribution in [1.29, 1.82) is 0 Å². The quantitative estimate of drug-likeness (QED) is 0.839. The molecule has 0 heterocycles. The number of aryl methyl sites for hydroxylation is 1. The lowest BCUT2D eigenvalue weighted by Crippen LogP contribution is -2.38. The standard InChI is InChI=1S/C16H26N2O2S/c1-4-13-6-8-14(9-7-13)18-21(19,20)16-11(2)5-10-15(17)12(16)3/h5,10,13-14,18H,4,6-9,17H2,1-3H3. The zero-order valence-electron chi connectivity index (χ0n) is 13.1. The van der Waals surface area contributed by atoms with Crippen molar-refractivity contribution in [3.05, 3.63) is 23.3 Å². The third-order valence-electron chi connectivity index (χ3n) is 4.66. The number of nitrogen functional groups attached to an aromatic ring is 1. The minimum Gasteiger partial charge on any atom is -0.398 e. The normalized spacial score (nSPS) is 23.2. The Kier molecular flexibility index (Phi) is 4.94. The van der Waals surface area contributed by atoms with Crippen LogP contribution in [0.5, 0.6) is 0 Å². The van der Waals surface area contributed by atoms with Gasteiger partial charge in [-0.2, -0.15) is 0 Å². The summed E-state index contributed by atoms with van der Waals surface area (Å²) < 4.78 is 28.2. The van der Waals surface area contributed by atoms with E-state index in [9.17, 15) is 8.42 Å². The number of rotatable bonds is 4. The Balaban J connectivity index is 2.18. The summed E-state index contributed by atoms with van der Waals surface area (Å²) in [5, 5.41) is 0. The Morgan fingerprint density at radius 2 is 1.81 bits per heavy atom. The Morgan fingerprint density at radius 3 is 2.38 bits per heavy atom. The first-order chi connectivity index (χ1) is 9.85. The molecule has 0 amide bonds. The van der Waals surface area contributed by atoms with Crippen LogP contribution >= 0.6 is 0 Å². The largest absolute Gasteiger partial charge is 0.398 e. The molecular formula is C16H26N2O2S. The number of hydrogen-bond donors (Lipinski definition) is 2. The summed E-state index contributed by atoms with van der Waals surface area (Å²) in [6, 6.07) is 3.58. The van der Waals surface area contributed by atoms with E-state index in [2.05, 4.69) is 11.6 Å². The van der Waals surface area contributed by atoms with Gasteiger partial charge in [-0.15, -0.1) is 0 Å². The van der Waals surface area contributed by atoms with Crippen molar-refractivity contribution in [2.75, 3.05) is 5.73 Å². The van der Waals surface area contributed by atoms with Gasteiger partial charge < -0.3 is 5.73 Å². The van der Waals surface area contributed by atoms with E-state index in [-0.39, 0.29) is 6.04 Å². The smallest absolute Gasteiger partial charge is 0.241 e. The van der Waals surface area contributed by atoms with Gasteiger partial charge in [-0.25, -0.2) is 13.1 Å². The minimum atomic E-state index is -3.50. The maximum absolute atomic E-state index is 12.7. The van der Waals surface area contributed by atoms with Crippen molar-refractivity contribution in [2.45, 2.75) is 63.8 Å². The van der Waals surface area contributed by atoms with Crippen molar-refractivity contribution < 1.29 is 8.42 Å². The summed E-state index contributed by atoms with van der Waals surface area (Å²) in [6.45, 7) is 5.79. The van der Waals surface area contributed by atoms with Gasteiger partial charge in [-0.05, 0) is 62.6 Å². The first-order valence-electron chi connectivity index (χ1n) is 7.73. The van der Waals surface area contributed by atoms with Gasteiger partial charge in [0.15, 0.2) is 0 Å². The zero-order chi connectivity index (χ0) is 15.6. The molecule has 2 rings (SSSR count). The van der Waals surface area contributed by atoms with Gasteiger partial charge in [0.2, 0.25) is 10.0 Å². The fourth-order valence-corrected chi connectivity index (χ4v) is 5.03. The van der Waals surface area contributed by atoms with Crippen molar-refractivity contribution in [2.24, 2.45) is 5.92 Å². The van der Waals surface area contributed by atoms with Gasteiger partial charge in [0, 0.05) is 11.7 Å². The van der Waals surface area contributed by atoms with Crippen molar-refractivity contribution in [3.63, 3.8) is 0 Å². The van der Waals surface area contributed by atoms with Crippen molar-refractivity contribution >= 4 is 15.7 Å². The molecule has 1 aromatic carbocycles. The first-order valence-corrected chi connectivity index (χ1v) is 9.21. The molecule has 0 aromatic heterocycles. The highest BCUT2D eigenvalue weighted by Crippen LogP contribution is 2.29. The maximum Gasteiger partial charge on any atom is 0.241 e. The van der Waals surface area contributed by atoms with Gasteiger partial charge >= 0.3 is 0 Å². The van der Waals surface area contributed by atoms with Crippen LogP contribution in [0.3, 0.4) is 0 Å². The van der Waals surface area contributed by atoms with Crippen LogP contribution in [0.1, 0.15) is 50.2 Å². The molecular weight excluding hydrogens is 284 g/mol. The van der Waals surface area contributed by atoms with E-state index < -0.39 is 10.0 Å². The molecule has 5 heteroatoms. The highest BCUT2D eigenvalue weighted by atomic mass is 32.2. The average Bonchev–Trinajstić information content (AvgIpc) is 2.43. The highest BCUT2D eigenvalue weighted by molar-refractivity contribution is 7.89. The Hall–Kier alpha value is -1.07. The number of hydrogen-bond acceptors (Lipinski definition) is 3. The fraction of sp³-hybridized carbons (Fsp3) is 0.625. The van der Waals surface area contributed by atoms with Gasteiger partial charge in [-0.1, -0.05) is 19.4 Å². The lowest BCUT2D eigenvalue weighted by Gasteiger charge is -2.28. The molecule has 0 aliphatic heterocycles. The zero-order valence-corrected chi connectivity index (χ0v) is 14.0. The van der Waals surface area contributed by atoms with Crippen molar-refractivity contribution in [1.82, 2.24) is 4.72 Å². The molecule has 0 radical (unpaired) electrons. The molecule has 0 bridgehead atoms. The second-order valence-electron chi connectivity index (χ2n) is 6.17. The number of benzene rings is 1. The minimum absolute atomic E-state index is 0.0537. The van der Waals surface area contributed by atoms with Crippen LogP contribution < -0.4 is 10.5 Å². The topological polar surface area (TPSA) is 72.2 Å². The lowest BCUT2D eigenvalue weighted by molar-refractivity contribution is 0.306. The summed E-state index contributed by atoms with van der Waals surface area (Å²) in [6.07, 6.45) is 5.26. The van der Waals surface area contributed by atoms with Gasteiger partial charge in [0.1, 0.15) is 0 Å². The van der Waals surface area contributed by atoms with Crippen LogP contribution in [-0.2, 0) is 10.0 Å². The maximum atomic E-state index is 12.7. The number of nitrogens with one attached hydrogen (secondary N) is 1.